The van der Waals surface area contributed by atoms with Crippen LogP contribution in [-0.4, -0.2) is 37.1 Å². The second-order valence-electron chi connectivity index (χ2n) is 8.73. The van der Waals surface area contributed by atoms with E-state index >= 15 is 0 Å². The maximum Gasteiger partial charge on any atom is 0.234 e. The maximum absolute atomic E-state index is 13.3. The fourth-order valence-corrected chi connectivity index (χ4v) is 4.49. The molecule has 0 aliphatic carbocycles. The number of rotatable bonds is 6. The quantitative estimate of drug-likeness (QED) is 0.731. The largest absolute Gasteiger partial charge is 0.490 e. The Morgan fingerprint density at radius 2 is 1.84 bits per heavy atom. The van der Waals surface area contributed by atoms with E-state index in [-0.39, 0.29) is 29.7 Å². The van der Waals surface area contributed by atoms with Gasteiger partial charge in [0.25, 0.3) is 0 Å². The summed E-state index contributed by atoms with van der Waals surface area (Å²) < 4.78 is 24.9. The van der Waals surface area contributed by atoms with Crippen molar-refractivity contribution in [3.63, 3.8) is 0 Å². The molecule has 0 saturated carbocycles. The molecule has 0 bridgehead atoms. The number of halogens is 1. The minimum atomic E-state index is -0.271. The van der Waals surface area contributed by atoms with Crippen molar-refractivity contribution >= 4 is 5.91 Å². The SMILES string of the molecule is CC(C)[C@@H](NC(=O)CN1CCC[C@H]1c1ccc2c(c1)OCCCO2)c1ccc(F)cc1. The van der Waals surface area contributed by atoms with Gasteiger partial charge in [-0.05, 0) is 60.7 Å². The van der Waals surface area contributed by atoms with E-state index in [1.165, 1.54) is 12.1 Å². The van der Waals surface area contributed by atoms with Crippen LogP contribution in [0.2, 0.25) is 0 Å². The third kappa shape index (κ3) is 5.18. The Kier molecular flexibility index (Phi) is 6.76. The predicted molar refractivity (Wildman–Crippen MR) is 118 cm³/mol. The van der Waals surface area contributed by atoms with Crippen molar-refractivity contribution < 1.29 is 18.7 Å². The molecule has 2 aromatic carbocycles. The molecule has 0 spiro atoms. The van der Waals surface area contributed by atoms with Gasteiger partial charge in [0.1, 0.15) is 5.82 Å². The van der Waals surface area contributed by atoms with Crippen molar-refractivity contribution in [2.24, 2.45) is 5.92 Å². The summed E-state index contributed by atoms with van der Waals surface area (Å²) in [6.45, 7) is 6.68. The van der Waals surface area contributed by atoms with Crippen molar-refractivity contribution in [1.82, 2.24) is 10.2 Å². The molecule has 5 nitrogen and oxygen atoms in total. The summed E-state index contributed by atoms with van der Waals surface area (Å²) >= 11 is 0. The molecule has 6 heteroatoms. The summed E-state index contributed by atoms with van der Waals surface area (Å²) in [5.41, 5.74) is 2.08. The molecule has 1 N–H and O–H groups in total. The monoisotopic (exact) mass is 426 g/mol. The van der Waals surface area contributed by atoms with Crippen LogP contribution in [0.5, 0.6) is 11.5 Å². The first-order valence-corrected chi connectivity index (χ1v) is 11.2. The molecule has 2 heterocycles. The van der Waals surface area contributed by atoms with Crippen LogP contribution >= 0.6 is 0 Å². The molecule has 2 atom stereocenters. The van der Waals surface area contributed by atoms with E-state index in [0.717, 1.165) is 48.4 Å². The summed E-state index contributed by atoms with van der Waals surface area (Å²) in [5.74, 6) is 1.51. The van der Waals surface area contributed by atoms with Crippen molar-refractivity contribution in [3.05, 3.63) is 59.4 Å². The molecule has 2 aromatic rings. The summed E-state index contributed by atoms with van der Waals surface area (Å²) in [5, 5.41) is 3.16. The number of hydrogen-bond acceptors (Lipinski definition) is 4. The summed E-state index contributed by atoms with van der Waals surface area (Å²) in [7, 11) is 0. The summed E-state index contributed by atoms with van der Waals surface area (Å²) in [6.07, 6.45) is 2.95. The van der Waals surface area contributed by atoms with Crippen LogP contribution < -0.4 is 14.8 Å². The standard InChI is InChI=1S/C25H31FN2O3/c1-17(2)25(18-6-9-20(26)10-7-18)27-24(29)16-28-12-3-5-21(28)19-8-11-22-23(15-19)31-14-4-13-30-22/h6-11,15,17,21,25H,3-5,12-14,16H2,1-2H3,(H,27,29)/t21-,25+/m0/s1. The number of fused-ring (bicyclic) bond motifs is 1. The summed E-state index contributed by atoms with van der Waals surface area (Å²) in [6, 6.07) is 12.6. The highest BCUT2D eigenvalue weighted by Gasteiger charge is 2.29. The van der Waals surface area contributed by atoms with Gasteiger partial charge in [0.15, 0.2) is 11.5 Å². The first kappa shape index (κ1) is 21.6. The Labute approximate surface area is 183 Å². The Balaban J connectivity index is 1.43. The van der Waals surface area contributed by atoms with E-state index in [2.05, 4.69) is 36.2 Å². The highest BCUT2D eigenvalue weighted by molar-refractivity contribution is 5.78. The third-order valence-corrected chi connectivity index (χ3v) is 6.08. The van der Waals surface area contributed by atoms with Crippen LogP contribution in [0, 0.1) is 11.7 Å². The second-order valence-corrected chi connectivity index (χ2v) is 8.73. The highest BCUT2D eigenvalue weighted by atomic mass is 19.1. The number of hydrogen-bond donors (Lipinski definition) is 1. The van der Waals surface area contributed by atoms with Gasteiger partial charge in [-0.2, -0.15) is 0 Å². The van der Waals surface area contributed by atoms with Crippen LogP contribution in [-0.2, 0) is 4.79 Å². The van der Waals surface area contributed by atoms with E-state index < -0.39 is 0 Å². The number of amides is 1. The number of likely N-dealkylation sites (tertiary alicyclic amines) is 1. The third-order valence-electron chi connectivity index (χ3n) is 6.08. The Hall–Kier alpha value is -2.60. The first-order chi connectivity index (χ1) is 15.0. The average Bonchev–Trinajstić information content (AvgIpc) is 3.08. The predicted octanol–water partition coefficient (Wildman–Crippen LogP) is 4.64. The van der Waals surface area contributed by atoms with Gasteiger partial charge in [0.2, 0.25) is 5.91 Å². The molecule has 166 valence electrons. The van der Waals surface area contributed by atoms with E-state index in [0.29, 0.717) is 19.8 Å². The molecule has 1 amide bonds. The normalized spacial score (nSPS) is 19.8. The fraction of sp³-hybridized carbons (Fsp3) is 0.480. The van der Waals surface area contributed by atoms with Gasteiger partial charge >= 0.3 is 0 Å². The van der Waals surface area contributed by atoms with Gasteiger partial charge in [-0.3, -0.25) is 9.69 Å². The van der Waals surface area contributed by atoms with E-state index in [9.17, 15) is 9.18 Å². The molecule has 1 fully saturated rings. The number of benzene rings is 2. The number of carbonyl (C=O) groups excluding carboxylic acids is 1. The average molecular weight is 427 g/mol. The lowest BCUT2D eigenvalue weighted by atomic mass is 9.96. The van der Waals surface area contributed by atoms with Crippen LogP contribution in [0.25, 0.3) is 0 Å². The summed E-state index contributed by atoms with van der Waals surface area (Å²) in [4.78, 5) is 15.2. The van der Waals surface area contributed by atoms with Gasteiger partial charge in [-0.15, -0.1) is 0 Å². The van der Waals surface area contributed by atoms with Crippen LogP contribution in [0.3, 0.4) is 0 Å². The van der Waals surface area contributed by atoms with Gasteiger partial charge in [-0.25, -0.2) is 4.39 Å². The Morgan fingerprint density at radius 3 is 2.58 bits per heavy atom. The van der Waals surface area contributed by atoms with Crippen LogP contribution in [0.4, 0.5) is 4.39 Å². The molecular formula is C25H31FN2O3. The number of nitrogens with zero attached hydrogens (tertiary/aromatic N) is 1. The lowest BCUT2D eigenvalue weighted by Crippen LogP contribution is -2.40. The first-order valence-electron chi connectivity index (χ1n) is 11.2. The van der Waals surface area contributed by atoms with E-state index in [4.69, 9.17) is 9.47 Å². The van der Waals surface area contributed by atoms with E-state index in [1.54, 1.807) is 12.1 Å². The Bertz CT molecular complexity index is 900. The zero-order valence-corrected chi connectivity index (χ0v) is 18.3. The van der Waals surface area contributed by atoms with Crippen molar-refractivity contribution in [2.45, 2.75) is 45.2 Å². The van der Waals surface area contributed by atoms with Gasteiger partial charge < -0.3 is 14.8 Å². The zero-order valence-electron chi connectivity index (χ0n) is 18.3. The molecule has 0 radical (unpaired) electrons. The van der Waals surface area contributed by atoms with Crippen LogP contribution in [0.15, 0.2) is 42.5 Å². The molecule has 0 unspecified atom stereocenters. The molecule has 4 rings (SSSR count). The molecule has 31 heavy (non-hydrogen) atoms. The van der Waals surface area contributed by atoms with Gasteiger partial charge in [0.05, 0.1) is 25.8 Å². The molecule has 1 saturated heterocycles. The van der Waals surface area contributed by atoms with Crippen molar-refractivity contribution in [2.75, 3.05) is 26.3 Å². The fourth-order valence-electron chi connectivity index (χ4n) is 4.49. The van der Waals surface area contributed by atoms with E-state index in [1.807, 2.05) is 6.07 Å². The number of nitrogens with one attached hydrogen (secondary N) is 1. The topological polar surface area (TPSA) is 50.8 Å². The lowest BCUT2D eigenvalue weighted by molar-refractivity contribution is -0.123. The van der Waals surface area contributed by atoms with Crippen molar-refractivity contribution in [1.29, 1.82) is 0 Å². The maximum atomic E-state index is 13.3. The highest BCUT2D eigenvalue weighted by Crippen LogP contribution is 2.37. The zero-order chi connectivity index (χ0) is 21.8. The smallest absolute Gasteiger partial charge is 0.234 e. The number of carbonyl (C=O) groups is 1. The minimum absolute atomic E-state index is 0.00994. The molecular weight excluding hydrogens is 395 g/mol. The second kappa shape index (κ2) is 9.69. The lowest BCUT2D eigenvalue weighted by Gasteiger charge is -2.28. The van der Waals surface area contributed by atoms with Crippen molar-refractivity contribution in [3.8, 4) is 11.5 Å². The molecule has 0 aromatic heterocycles. The molecule has 2 aliphatic heterocycles. The Morgan fingerprint density at radius 1 is 1.10 bits per heavy atom. The molecule has 2 aliphatic rings. The van der Waals surface area contributed by atoms with Gasteiger partial charge in [0, 0.05) is 12.5 Å². The van der Waals surface area contributed by atoms with Crippen LogP contribution in [0.1, 0.15) is 56.3 Å². The van der Waals surface area contributed by atoms with Gasteiger partial charge in [-0.1, -0.05) is 32.0 Å². The number of ether oxygens (including phenoxy) is 2. The minimum Gasteiger partial charge on any atom is -0.490 e.